The van der Waals surface area contributed by atoms with Crippen LogP contribution in [0, 0.1) is 0 Å². The molecule has 0 radical (unpaired) electrons. The zero-order valence-corrected chi connectivity index (χ0v) is 9.11. The lowest BCUT2D eigenvalue weighted by Crippen LogP contribution is -1.99. The van der Waals surface area contributed by atoms with Crippen LogP contribution in [0.15, 0.2) is 27.6 Å². The number of halogens is 1. The van der Waals surface area contributed by atoms with Crippen LogP contribution < -0.4 is 5.73 Å². The van der Waals surface area contributed by atoms with Crippen molar-refractivity contribution in [3.8, 4) is 0 Å². The second kappa shape index (κ2) is 4.05. The molecule has 0 heterocycles. The van der Waals surface area contributed by atoms with Crippen molar-refractivity contribution in [1.82, 2.24) is 0 Å². The Morgan fingerprint density at radius 2 is 2.25 bits per heavy atom. The van der Waals surface area contributed by atoms with E-state index in [1.807, 2.05) is 13.0 Å². The topological polar surface area (TPSA) is 43.1 Å². The lowest BCUT2D eigenvalue weighted by molar-refractivity contribution is 0.684. The summed E-state index contributed by atoms with van der Waals surface area (Å²) in [5.41, 5.74) is 6.25. The van der Waals surface area contributed by atoms with E-state index in [4.69, 9.17) is 5.73 Å². The highest BCUT2D eigenvalue weighted by Gasteiger charge is 2.05. The molecule has 0 saturated carbocycles. The smallest absolute Gasteiger partial charge is 0.0628 e. The lowest BCUT2D eigenvalue weighted by Gasteiger charge is -2.03. The van der Waals surface area contributed by atoms with E-state index < -0.39 is 10.8 Å². The SMILES string of the molecule is CCS(=O)c1cc(Br)ccc1N. The van der Waals surface area contributed by atoms with Crippen molar-refractivity contribution in [3.05, 3.63) is 22.7 Å². The fourth-order valence-corrected chi connectivity index (χ4v) is 2.27. The van der Waals surface area contributed by atoms with Crippen LogP contribution in [0.5, 0.6) is 0 Å². The van der Waals surface area contributed by atoms with Gasteiger partial charge in [0.25, 0.3) is 0 Å². The minimum atomic E-state index is -0.967. The second-order valence-electron chi connectivity index (χ2n) is 2.32. The first-order valence-electron chi connectivity index (χ1n) is 3.58. The van der Waals surface area contributed by atoms with E-state index in [0.29, 0.717) is 16.3 Å². The molecule has 0 aliphatic carbocycles. The number of hydrogen-bond acceptors (Lipinski definition) is 2. The van der Waals surface area contributed by atoms with E-state index in [9.17, 15) is 4.21 Å². The predicted octanol–water partition coefficient (Wildman–Crippen LogP) is 2.16. The summed E-state index contributed by atoms with van der Waals surface area (Å²) in [5, 5.41) is 0. The van der Waals surface area contributed by atoms with Crippen molar-refractivity contribution in [1.29, 1.82) is 0 Å². The molecule has 2 nitrogen and oxygen atoms in total. The fourth-order valence-electron chi connectivity index (χ4n) is 0.861. The summed E-state index contributed by atoms with van der Waals surface area (Å²) in [6.07, 6.45) is 0. The van der Waals surface area contributed by atoms with Gasteiger partial charge < -0.3 is 5.73 Å². The standard InChI is InChI=1S/C8H10BrNOS/c1-2-12(11)8-5-6(9)3-4-7(8)10/h3-5H,2,10H2,1H3. The van der Waals surface area contributed by atoms with Crippen LogP contribution >= 0.6 is 15.9 Å². The van der Waals surface area contributed by atoms with Crippen molar-refractivity contribution >= 4 is 32.4 Å². The normalized spacial score (nSPS) is 12.8. The van der Waals surface area contributed by atoms with Crippen LogP contribution in [0.2, 0.25) is 0 Å². The highest BCUT2D eigenvalue weighted by Crippen LogP contribution is 2.21. The Kier molecular flexibility index (Phi) is 3.29. The zero-order chi connectivity index (χ0) is 9.14. The molecule has 66 valence electrons. The van der Waals surface area contributed by atoms with Gasteiger partial charge in [0.05, 0.1) is 15.7 Å². The predicted molar refractivity (Wildman–Crippen MR) is 55.5 cm³/mol. The van der Waals surface area contributed by atoms with Crippen molar-refractivity contribution in [2.75, 3.05) is 11.5 Å². The molecule has 4 heteroatoms. The van der Waals surface area contributed by atoms with Gasteiger partial charge in [0.2, 0.25) is 0 Å². The Balaban J connectivity index is 3.13. The van der Waals surface area contributed by atoms with Gasteiger partial charge >= 0.3 is 0 Å². The van der Waals surface area contributed by atoms with E-state index >= 15 is 0 Å². The highest BCUT2D eigenvalue weighted by atomic mass is 79.9. The maximum Gasteiger partial charge on any atom is 0.0628 e. The Labute approximate surface area is 82.7 Å². The summed E-state index contributed by atoms with van der Waals surface area (Å²) in [5.74, 6) is 0.598. The summed E-state index contributed by atoms with van der Waals surface area (Å²) >= 11 is 3.30. The summed E-state index contributed by atoms with van der Waals surface area (Å²) in [7, 11) is -0.967. The average Bonchev–Trinajstić information content (AvgIpc) is 2.08. The molecule has 0 spiro atoms. The van der Waals surface area contributed by atoms with E-state index in [-0.39, 0.29) is 0 Å². The van der Waals surface area contributed by atoms with Gasteiger partial charge in [-0.2, -0.15) is 0 Å². The second-order valence-corrected chi connectivity index (χ2v) is 4.94. The molecule has 1 aromatic rings. The summed E-state index contributed by atoms with van der Waals surface area (Å²) in [6, 6.07) is 5.40. The van der Waals surface area contributed by atoms with Crippen LogP contribution in [0.1, 0.15) is 6.92 Å². The minimum Gasteiger partial charge on any atom is -0.398 e. The summed E-state index contributed by atoms with van der Waals surface area (Å²) in [6.45, 7) is 1.87. The number of nitrogens with two attached hydrogens (primary N) is 1. The third-order valence-electron chi connectivity index (χ3n) is 1.48. The number of benzene rings is 1. The molecule has 0 saturated heterocycles. The van der Waals surface area contributed by atoms with Crippen LogP contribution in [-0.4, -0.2) is 9.96 Å². The minimum absolute atomic E-state index is 0.596. The molecule has 1 aromatic carbocycles. The summed E-state index contributed by atoms with van der Waals surface area (Å²) in [4.78, 5) is 0.715. The lowest BCUT2D eigenvalue weighted by atomic mass is 10.3. The maximum atomic E-state index is 11.4. The largest absolute Gasteiger partial charge is 0.398 e. The number of hydrogen-bond donors (Lipinski definition) is 1. The molecule has 1 unspecified atom stereocenters. The monoisotopic (exact) mass is 247 g/mol. The number of rotatable bonds is 2. The molecule has 12 heavy (non-hydrogen) atoms. The fraction of sp³-hybridized carbons (Fsp3) is 0.250. The molecule has 1 atom stereocenters. The third-order valence-corrected chi connectivity index (χ3v) is 3.34. The average molecular weight is 248 g/mol. The molecule has 0 aromatic heterocycles. The van der Waals surface area contributed by atoms with Crippen LogP contribution in [0.25, 0.3) is 0 Å². The Bertz CT molecular complexity index is 314. The van der Waals surface area contributed by atoms with Gasteiger partial charge in [0, 0.05) is 15.9 Å². The van der Waals surface area contributed by atoms with Gasteiger partial charge in [0.1, 0.15) is 0 Å². The van der Waals surface area contributed by atoms with Gasteiger partial charge in [-0.1, -0.05) is 22.9 Å². The Morgan fingerprint density at radius 3 is 2.83 bits per heavy atom. The maximum absolute atomic E-state index is 11.4. The molecule has 2 N–H and O–H groups in total. The molecule has 0 fully saturated rings. The van der Waals surface area contributed by atoms with E-state index in [1.165, 1.54) is 0 Å². The van der Waals surface area contributed by atoms with Gasteiger partial charge in [-0.05, 0) is 18.2 Å². The quantitative estimate of drug-likeness (QED) is 0.815. The van der Waals surface area contributed by atoms with Crippen molar-refractivity contribution in [3.63, 3.8) is 0 Å². The molecular formula is C8H10BrNOS. The molecular weight excluding hydrogens is 238 g/mol. The summed E-state index contributed by atoms with van der Waals surface area (Å²) < 4.78 is 12.3. The third kappa shape index (κ3) is 2.08. The van der Waals surface area contributed by atoms with Crippen LogP contribution in [0.4, 0.5) is 5.69 Å². The highest BCUT2D eigenvalue weighted by molar-refractivity contribution is 9.10. The molecule has 0 amide bonds. The van der Waals surface area contributed by atoms with Crippen molar-refractivity contribution in [2.24, 2.45) is 0 Å². The molecule has 0 aliphatic rings. The Hall–Kier alpha value is -0.350. The van der Waals surface area contributed by atoms with E-state index in [2.05, 4.69) is 15.9 Å². The van der Waals surface area contributed by atoms with Crippen LogP contribution in [0.3, 0.4) is 0 Å². The van der Waals surface area contributed by atoms with E-state index in [1.54, 1.807) is 12.1 Å². The first-order chi connectivity index (χ1) is 5.65. The zero-order valence-electron chi connectivity index (χ0n) is 6.71. The van der Waals surface area contributed by atoms with E-state index in [0.717, 1.165) is 4.47 Å². The van der Waals surface area contributed by atoms with Crippen LogP contribution in [-0.2, 0) is 10.8 Å². The van der Waals surface area contributed by atoms with Gasteiger partial charge in [-0.3, -0.25) is 4.21 Å². The van der Waals surface area contributed by atoms with Crippen molar-refractivity contribution < 1.29 is 4.21 Å². The first-order valence-corrected chi connectivity index (χ1v) is 5.69. The van der Waals surface area contributed by atoms with Gasteiger partial charge in [-0.25, -0.2) is 0 Å². The van der Waals surface area contributed by atoms with Crippen molar-refractivity contribution in [2.45, 2.75) is 11.8 Å². The van der Waals surface area contributed by atoms with Gasteiger partial charge in [-0.15, -0.1) is 0 Å². The Morgan fingerprint density at radius 1 is 1.58 bits per heavy atom. The molecule has 1 rings (SSSR count). The molecule has 0 aliphatic heterocycles. The first kappa shape index (κ1) is 9.74. The van der Waals surface area contributed by atoms with Gasteiger partial charge in [0.15, 0.2) is 0 Å². The molecule has 0 bridgehead atoms. The number of anilines is 1. The number of nitrogen functional groups attached to an aromatic ring is 1.